The smallest absolute Gasteiger partial charge is 0.103 e. The van der Waals surface area contributed by atoms with Gasteiger partial charge in [0.05, 0.1) is 51.3 Å². The molecule has 2 N–H and O–H groups in total. The summed E-state index contributed by atoms with van der Waals surface area (Å²) in [7, 11) is 0. The number of likely N-dealkylation sites (tertiary alicyclic amines) is 1. The molecule has 6 heteroatoms. The first-order valence-electron chi connectivity index (χ1n) is 12.2. The molecule has 0 bridgehead atoms. The third-order valence-electron chi connectivity index (χ3n) is 6.28. The molecule has 0 saturated carbocycles. The van der Waals surface area contributed by atoms with Gasteiger partial charge in [-0.3, -0.25) is 4.90 Å². The summed E-state index contributed by atoms with van der Waals surface area (Å²) >= 11 is 0. The van der Waals surface area contributed by atoms with Crippen LogP contribution in [-0.2, 0) is 34.0 Å². The summed E-state index contributed by atoms with van der Waals surface area (Å²) in [4.78, 5) is 2.12. The van der Waals surface area contributed by atoms with E-state index in [1.165, 1.54) is 0 Å². The van der Waals surface area contributed by atoms with Gasteiger partial charge in [-0.15, -0.1) is 0 Å². The van der Waals surface area contributed by atoms with Gasteiger partial charge in [-0.05, 0) is 16.7 Å². The second kappa shape index (κ2) is 13.5. The van der Waals surface area contributed by atoms with Gasteiger partial charge in [0.1, 0.15) is 6.10 Å². The van der Waals surface area contributed by atoms with Crippen molar-refractivity contribution in [2.24, 2.45) is 0 Å². The topological polar surface area (TPSA) is 71.4 Å². The van der Waals surface area contributed by atoms with Crippen LogP contribution in [0, 0.1) is 0 Å². The van der Waals surface area contributed by atoms with E-state index >= 15 is 0 Å². The van der Waals surface area contributed by atoms with Gasteiger partial charge in [-0.1, -0.05) is 91.0 Å². The number of aliphatic hydroxyl groups is 2. The molecule has 1 aliphatic heterocycles. The number of rotatable bonds is 13. The number of β-amino-alcohol motifs (C(OH)–C–C–N with tert-alkyl or cyclic N) is 1. The molecule has 0 amide bonds. The van der Waals surface area contributed by atoms with Crippen LogP contribution >= 0.6 is 0 Å². The second-order valence-corrected chi connectivity index (χ2v) is 8.95. The third kappa shape index (κ3) is 7.70. The van der Waals surface area contributed by atoms with Crippen molar-refractivity contribution in [2.45, 2.75) is 44.2 Å². The molecule has 4 rings (SSSR count). The number of nitrogens with zero attached hydrogens (tertiary/aromatic N) is 1. The van der Waals surface area contributed by atoms with Crippen LogP contribution in [-0.4, -0.2) is 65.8 Å². The Bertz CT molecular complexity index is 972. The lowest BCUT2D eigenvalue weighted by atomic mass is 10.1. The molecule has 0 radical (unpaired) electrons. The summed E-state index contributed by atoms with van der Waals surface area (Å²) in [6, 6.07) is 30.1. The molecule has 3 aromatic rings. The third-order valence-corrected chi connectivity index (χ3v) is 6.28. The zero-order chi connectivity index (χ0) is 24.3. The summed E-state index contributed by atoms with van der Waals surface area (Å²) in [6.45, 7) is 2.48. The van der Waals surface area contributed by atoms with E-state index in [-0.39, 0.29) is 24.9 Å². The number of ether oxygens (including phenoxy) is 3. The monoisotopic (exact) mass is 477 g/mol. The highest BCUT2D eigenvalue weighted by atomic mass is 16.5. The van der Waals surface area contributed by atoms with Gasteiger partial charge in [0.2, 0.25) is 0 Å². The zero-order valence-corrected chi connectivity index (χ0v) is 20.0. The van der Waals surface area contributed by atoms with Crippen molar-refractivity contribution in [1.29, 1.82) is 0 Å². The minimum absolute atomic E-state index is 0.121. The lowest BCUT2D eigenvalue weighted by molar-refractivity contribution is -0.0827. The molecule has 0 aromatic heterocycles. The molecule has 1 fully saturated rings. The summed E-state index contributed by atoms with van der Waals surface area (Å²) in [6.07, 6.45) is -1.29. The van der Waals surface area contributed by atoms with Crippen LogP contribution in [0.1, 0.15) is 16.7 Å². The zero-order valence-electron chi connectivity index (χ0n) is 20.0. The second-order valence-electron chi connectivity index (χ2n) is 8.95. The fourth-order valence-corrected chi connectivity index (χ4v) is 4.45. The molecule has 1 unspecified atom stereocenters. The van der Waals surface area contributed by atoms with Crippen molar-refractivity contribution in [1.82, 2.24) is 4.90 Å². The van der Waals surface area contributed by atoms with Crippen molar-refractivity contribution in [3.05, 3.63) is 108 Å². The number of hydrogen-bond donors (Lipinski definition) is 2. The minimum Gasteiger partial charge on any atom is -0.394 e. The highest BCUT2D eigenvalue weighted by Crippen LogP contribution is 2.27. The largest absolute Gasteiger partial charge is 0.394 e. The van der Waals surface area contributed by atoms with E-state index in [9.17, 15) is 10.2 Å². The van der Waals surface area contributed by atoms with Crippen molar-refractivity contribution >= 4 is 0 Å². The van der Waals surface area contributed by atoms with Gasteiger partial charge in [-0.2, -0.15) is 0 Å². The fraction of sp³-hybridized carbons (Fsp3) is 0.379. The quantitative estimate of drug-likeness (QED) is 0.393. The Hall–Kier alpha value is -2.58. The van der Waals surface area contributed by atoms with E-state index in [4.69, 9.17) is 14.2 Å². The molecule has 1 saturated heterocycles. The Labute approximate surface area is 207 Å². The predicted octanol–water partition coefficient (Wildman–Crippen LogP) is 3.41. The van der Waals surface area contributed by atoms with Gasteiger partial charge in [0.25, 0.3) is 0 Å². The first-order valence-corrected chi connectivity index (χ1v) is 12.2. The van der Waals surface area contributed by atoms with Gasteiger partial charge in [0.15, 0.2) is 0 Å². The Morgan fingerprint density at radius 3 is 1.80 bits per heavy atom. The molecule has 0 spiro atoms. The summed E-state index contributed by atoms with van der Waals surface area (Å²) in [5.41, 5.74) is 3.29. The summed E-state index contributed by atoms with van der Waals surface area (Å²) < 4.78 is 18.9. The lowest BCUT2D eigenvalue weighted by Crippen LogP contribution is -2.44. The highest BCUT2D eigenvalue weighted by molar-refractivity contribution is 5.15. The van der Waals surface area contributed by atoms with Crippen LogP contribution in [0.3, 0.4) is 0 Å². The Balaban J connectivity index is 1.48. The first kappa shape index (κ1) is 25.5. The Kier molecular flexibility index (Phi) is 9.84. The van der Waals surface area contributed by atoms with Gasteiger partial charge in [-0.25, -0.2) is 0 Å². The molecule has 186 valence electrons. The minimum atomic E-state index is -0.839. The maximum absolute atomic E-state index is 10.2. The Morgan fingerprint density at radius 1 is 0.743 bits per heavy atom. The predicted molar refractivity (Wildman–Crippen MR) is 135 cm³/mol. The van der Waals surface area contributed by atoms with Gasteiger partial charge in [0, 0.05) is 13.1 Å². The normalized spacial score (nSPS) is 21.3. The highest BCUT2D eigenvalue weighted by Gasteiger charge is 2.44. The SMILES string of the molecule is OCC(O)CN1C[C@@H](OCc2ccccc2)[C@H](OCc2ccccc2)[C@H]1COCc1ccccc1. The van der Waals surface area contributed by atoms with Gasteiger partial charge < -0.3 is 24.4 Å². The van der Waals surface area contributed by atoms with Crippen molar-refractivity contribution in [2.75, 3.05) is 26.3 Å². The van der Waals surface area contributed by atoms with Crippen LogP contribution in [0.5, 0.6) is 0 Å². The summed E-state index contributed by atoms with van der Waals surface area (Å²) in [5.74, 6) is 0. The maximum atomic E-state index is 10.2. The van der Waals surface area contributed by atoms with E-state index in [1.54, 1.807) is 0 Å². The first-order chi connectivity index (χ1) is 17.2. The number of benzene rings is 3. The average Bonchev–Trinajstić information content (AvgIpc) is 3.23. The molecule has 1 aliphatic rings. The molecule has 35 heavy (non-hydrogen) atoms. The van der Waals surface area contributed by atoms with Crippen LogP contribution in [0.25, 0.3) is 0 Å². The number of aliphatic hydroxyl groups excluding tert-OH is 2. The van der Waals surface area contributed by atoms with E-state index in [0.29, 0.717) is 39.5 Å². The molecular weight excluding hydrogens is 442 g/mol. The van der Waals surface area contributed by atoms with Crippen LogP contribution in [0.4, 0.5) is 0 Å². The maximum Gasteiger partial charge on any atom is 0.103 e. The Morgan fingerprint density at radius 2 is 1.26 bits per heavy atom. The van der Waals surface area contributed by atoms with Crippen LogP contribution in [0.15, 0.2) is 91.0 Å². The molecule has 6 nitrogen and oxygen atoms in total. The van der Waals surface area contributed by atoms with Crippen molar-refractivity contribution in [3.8, 4) is 0 Å². The van der Waals surface area contributed by atoms with E-state index in [2.05, 4.69) is 4.90 Å². The van der Waals surface area contributed by atoms with E-state index in [0.717, 1.165) is 16.7 Å². The molecule has 3 aromatic carbocycles. The lowest BCUT2D eigenvalue weighted by Gasteiger charge is -2.29. The fourth-order valence-electron chi connectivity index (χ4n) is 4.45. The standard InChI is InChI=1S/C29H35NO5/c31-18-26(32)16-30-17-28(34-20-24-12-6-2-7-13-24)29(35-21-25-14-8-3-9-15-25)27(30)22-33-19-23-10-4-1-5-11-23/h1-15,26-29,31-32H,16-22H2/t26?,27-,28-,29-/m1/s1. The van der Waals surface area contributed by atoms with Crippen molar-refractivity contribution < 1.29 is 24.4 Å². The van der Waals surface area contributed by atoms with Crippen molar-refractivity contribution in [3.63, 3.8) is 0 Å². The van der Waals surface area contributed by atoms with Gasteiger partial charge >= 0.3 is 0 Å². The van der Waals surface area contributed by atoms with E-state index in [1.807, 2.05) is 91.0 Å². The average molecular weight is 478 g/mol. The molecular formula is C29H35NO5. The van der Waals surface area contributed by atoms with Crippen LogP contribution < -0.4 is 0 Å². The number of hydrogen-bond acceptors (Lipinski definition) is 6. The molecule has 1 heterocycles. The molecule has 0 aliphatic carbocycles. The summed E-state index contributed by atoms with van der Waals surface area (Å²) in [5, 5.41) is 19.7. The van der Waals surface area contributed by atoms with Crippen LogP contribution in [0.2, 0.25) is 0 Å². The molecule has 4 atom stereocenters. The van der Waals surface area contributed by atoms with E-state index < -0.39 is 6.10 Å².